The Hall–Kier alpha value is 0.0183. The van der Waals surface area contributed by atoms with Crippen molar-refractivity contribution in [3.05, 3.63) is 0 Å². The molecule has 0 aliphatic rings. The first-order chi connectivity index (χ1) is 4.93. The van der Waals surface area contributed by atoms with Gasteiger partial charge in [-0.15, -0.1) is 0 Å². The molecule has 0 radical (unpaired) electrons. The number of alkyl halides is 3. The van der Waals surface area contributed by atoms with Gasteiger partial charge in [-0.3, -0.25) is 0 Å². The molecule has 0 bridgehead atoms. The summed E-state index contributed by atoms with van der Waals surface area (Å²) in [5, 5.41) is 0. The van der Waals surface area contributed by atoms with E-state index in [9.17, 15) is 17.6 Å². The fourth-order valence-corrected chi connectivity index (χ4v) is 3.02. The molecule has 0 unspecified atom stereocenters. The standard InChI is InChI=1S/C2F4.2C2H4.Pt/c3-1-2(4,5)6;2*1-2;/h;2*1H,2H3;. The number of rotatable bonds is 0. The Kier molecular flexibility index (Phi) is 4.15. The monoisotopic (exact) mass is 351 g/mol. The van der Waals surface area contributed by atoms with Crippen LogP contribution in [0.3, 0.4) is 0 Å². The Morgan fingerprint density at radius 3 is 1.64 bits per heavy atom. The predicted octanol–water partition coefficient (Wildman–Crippen LogP) is 1.91. The van der Waals surface area contributed by atoms with Gasteiger partial charge in [0.1, 0.15) is 0 Å². The maximum atomic E-state index is 12.4. The molecule has 11 heavy (non-hydrogen) atoms. The molecule has 0 heterocycles. The van der Waals surface area contributed by atoms with Crippen LogP contribution < -0.4 is 0 Å². The summed E-state index contributed by atoms with van der Waals surface area (Å²) in [5.74, 6) is 0. The van der Waals surface area contributed by atoms with E-state index in [1.54, 1.807) is 0 Å². The Morgan fingerprint density at radius 1 is 1.18 bits per heavy atom. The van der Waals surface area contributed by atoms with Crippen LogP contribution in [0.25, 0.3) is 0 Å². The van der Waals surface area contributed by atoms with E-state index >= 15 is 0 Å². The SMILES string of the molecule is C[CH]=[Pt](=[CH]C)=[C](F)C(F)(F)F. The van der Waals surface area contributed by atoms with E-state index in [1.807, 2.05) is 0 Å². The average molecular weight is 351 g/mol. The zero-order valence-corrected chi connectivity index (χ0v) is 8.25. The first kappa shape index (κ1) is 11.0. The van der Waals surface area contributed by atoms with Crippen molar-refractivity contribution in [2.24, 2.45) is 0 Å². The van der Waals surface area contributed by atoms with Gasteiger partial charge < -0.3 is 0 Å². The van der Waals surface area contributed by atoms with Crippen LogP contribution in [0.1, 0.15) is 13.8 Å². The summed E-state index contributed by atoms with van der Waals surface area (Å²) in [6, 6.07) is 0. The van der Waals surface area contributed by atoms with Crippen LogP contribution in [0.2, 0.25) is 0 Å². The Balaban J connectivity index is 5.33. The quantitative estimate of drug-likeness (QED) is 0.585. The molecule has 0 spiro atoms. The van der Waals surface area contributed by atoms with Gasteiger partial charge in [-0.1, -0.05) is 0 Å². The van der Waals surface area contributed by atoms with Gasteiger partial charge in [0, 0.05) is 0 Å². The minimum atomic E-state index is -4.76. The van der Waals surface area contributed by atoms with Crippen LogP contribution in [0, 0.1) is 0 Å². The fourth-order valence-electron chi connectivity index (χ4n) is 0.369. The summed E-state index contributed by atoms with van der Waals surface area (Å²) in [6.45, 7) is 2.91. The zero-order chi connectivity index (χ0) is 9.07. The van der Waals surface area contributed by atoms with Gasteiger partial charge in [0.15, 0.2) is 0 Å². The molecular formula is C6H8F4Pt. The van der Waals surface area contributed by atoms with Crippen molar-refractivity contribution in [2.45, 2.75) is 20.0 Å². The summed E-state index contributed by atoms with van der Waals surface area (Å²) < 4.78 is 48.2. The number of hydrogen-bond acceptors (Lipinski definition) is 0. The van der Waals surface area contributed by atoms with Gasteiger partial charge in [0.25, 0.3) is 0 Å². The molecule has 0 atom stereocenters. The van der Waals surface area contributed by atoms with Gasteiger partial charge in [-0.2, -0.15) is 0 Å². The van der Waals surface area contributed by atoms with Gasteiger partial charge in [-0.25, -0.2) is 0 Å². The fraction of sp³-hybridized carbons (Fsp3) is 0.500. The summed E-state index contributed by atoms with van der Waals surface area (Å²) in [5.41, 5.74) is 0. The number of halogens is 4. The molecule has 0 saturated heterocycles. The van der Waals surface area contributed by atoms with E-state index in [0.29, 0.717) is 0 Å². The van der Waals surface area contributed by atoms with E-state index in [1.165, 1.54) is 22.6 Å². The van der Waals surface area contributed by atoms with Crippen molar-refractivity contribution in [3.63, 3.8) is 0 Å². The van der Waals surface area contributed by atoms with E-state index in [2.05, 4.69) is 0 Å². The molecule has 5 heteroatoms. The molecule has 0 aromatic heterocycles. The van der Waals surface area contributed by atoms with Crippen LogP contribution in [-0.4, -0.2) is 19.1 Å². The molecule has 0 aliphatic heterocycles. The second kappa shape index (κ2) is 4.15. The Morgan fingerprint density at radius 2 is 1.55 bits per heavy atom. The van der Waals surface area contributed by atoms with Crippen molar-refractivity contribution in [3.8, 4) is 0 Å². The summed E-state index contributed by atoms with van der Waals surface area (Å²) in [7, 11) is 0. The molecule has 0 nitrogen and oxygen atoms in total. The normalized spacial score (nSPS) is 12.4. The molecule has 0 fully saturated rings. The minimum absolute atomic E-state index is 1.31. The van der Waals surface area contributed by atoms with Gasteiger partial charge in [-0.05, 0) is 0 Å². The summed E-state index contributed by atoms with van der Waals surface area (Å²) in [4.78, 5) is 0. The van der Waals surface area contributed by atoms with Crippen LogP contribution in [0.15, 0.2) is 0 Å². The van der Waals surface area contributed by atoms with E-state index in [4.69, 9.17) is 0 Å². The first-order valence-electron chi connectivity index (χ1n) is 2.68. The second-order valence-electron chi connectivity index (χ2n) is 1.38. The summed E-state index contributed by atoms with van der Waals surface area (Å²) >= 11 is -2.71. The van der Waals surface area contributed by atoms with E-state index < -0.39 is 26.3 Å². The third-order valence-electron chi connectivity index (χ3n) is 0.750. The van der Waals surface area contributed by atoms with Crippen LogP contribution in [0.5, 0.6) is 0 Å². The Labute approximate surface area is 66.9 Å². The molecule has 0 aromatic carbocycles. The van der Waals surface area contributed by atoms with Crippen LogP contribution >= 0.6 is 0 Å². The van der Waals surface area contributed by atoms with Crippen molar-refractivity contribution >= 4 is 13.0 Å². The second-order valence-corrected chi connectivity index (χ2v) is 7.07. The average Bonchev–Trinajstić information content (AvgIpc) is 1.88. The molecule has 0 aromatic rings. The molecule has 0 amide bonds. The number of hydrogen-bond donors (Lipinski definition) is 0. The molecule has 70 valence electrons. The van der Waals surface area contributed by atoms with Crippen molar-refractivity contribution < 1.29 is 33.5 Å². The molecule has 0 saturated carbocycles. The van der Waals surface area contributed by atoms with Crippen molar-refractivity contribution in [2.75, 3.05) is 0 Å². The summed E-state index contributed by atoms with van der Waals surface area (Å²) in [6.07, 6.45) is -4.76. The topological polar surface area (TPSA) is 0 Å². The molecular weight excluding hydrogens is 343 g/mol. The van der Waals surface area contributed by atoms with Crippen molar-refractivity contribution in [1.82, 2.24) is 0 Å². The molecule has 0 rings (SSSR count). The molecule has 0 aliphatic carbocycles. The van der Waals surface area contributed by atoms with Crippen LogP contribution in [0.4, 0.5) is 17.6 Å². The van der Waals surface area contributed by atoms with E-state index in [-0.39, 0.29) is 0 Å². The van der Waals surface area contributed by atoms with Crippen molar-refractivity contribution in [1.29, 1.82) is 0 Å². The first-order valence-corrected chi connectivity index (χ1v) is 6.44. The third kappa shape index (κ3) is 3.28. The predicted molar refractivity (Wildman–Crippen MR) is 35.6 cm³/mol. The van der Waals surface area contributed by atoms with E-state index in [0.717, 1.165) is 0 Å². The van der Waals surface area contributed by atoms with Gasteiger partial charge in [0.05, 0.1) is 0 Å². The van der Waals surface area contributed by atoms with Gasteiger partial charge >= 0.3 is 66.5 Å². The zero-order valence-electron chi connectivity index (χ0n) is 5.98. The van der Waals surface area contributed by atoms with Crippen LogP contribution in [-0.2, 0) is 15.9 Å². The molecule has 0 N–H and O–H groups in total. The third-order valence-corrected chi connectivity index (χ3v) is 5.37. The van der Waals surface area contributed by atoms with Gasteiger partial charge in [0.2, 0.25) is 0 Å². The Bertz CT molecular complexity index is 253. The maximum absolute atomic E-state index is 12.4.